The quantitative estimate of drug-likeness (QED) is 0.416. The monoisotopic (exact) mass is 410 g/mol. The van der Waals surface area contributed by atoms with Gasteiger partial charge in [0.05, 0.1) is 11.2 Å². The fourth-order valence-corrected chi connectivity index (χ4v) is 4.41. The number of rotatable bonds is 4. The van der Waals surface area contributed by atoms with E-state index in [9.17, 15) is 4.79 Å². The largest absolute Gasteiger partial charge is 0.399 e. The summed E-state index contributed by atoms with van der Waals surface area (Å²) in [6, 6.07) is 19.9. The zero-order chi connectivity index (χ0) is 21.7. The van der Waals surface area contributed by atoms with Crippen LogP contribution in [-0.2, 0) is 6.54 Å². The van der Waals surface area contributed by atoms with Crippen molar-refractivity contribution < 1.29 is 9.32 Å². The molecule has 5 aromatic rings. The lowest BCUT2D eigenvalue weighted by Crippen LogP contribution is -2.12. The average Bonchev–Trinajstić information content (AvgIpc) is 3.24. The zero-order valence-electron chi connectivity index (χ0n) is 17.3. The Kier molecular flexibility index (Phi) is 4.29. The van der Waals surface area contributed by atoms with E-state index in [2.05, 4.69) is 27.9 Å². The smallest absolute Gasteiger partial charge is 0.249 e. The molecule has 4 N–H and O–H groups in total. The molecule has 1 amide bonds. The molecular weight excluding hydrogens is 388 g/mol. The molecule has 0 saturated heterocycles. The first-order valence-corrected chi connectivity index (χ1v) is 10.1. The van der Waals surface area contributed by atoms with Gasteiger partial charge in [-0.2, -0.15) is 0 Å². The maximum atomic E-state index is 12.5. The molecule has 0 radical (unpaired) electrons. The molecule has 5 rings (SSSR count). The molecule has 0 aliphatic carbocycles. The van der Waals surface area contributed by atoms with E-state index in [1.165, 1.54) is 0 Å². The van der Waals surface area contributed by atoms with Gasteiger partial charge in [0.1, 0.15) is 5.76 Å². The summed E-state index contributed by atoms with van der Waals surface area (Å²) >= 11 is 0. The summed E-state index contributed by atoms with van der Waals surface area (Å²) in [5.74, 6) is 0.210. The van der Waals surface area contributed by atoms with Crippen LogP contribution in [0.15, 0.2) is 65.2 Å². The Labute approximate surface area is 179 Å². The molecule has 6 heteroatoms. The minimum absolute atomic E-state index is 0.454. The van der Waals surface area contributed by atoms with Crippen LogP contribution in [0.2, 0.25) is 0 Å². The van der Waals surface area contributed by atoms with Crippen molar-refractivity contribution in [2.24, 2.45) is 5.73 Å². The summed E-state index contributed by atoms with van der Waals surface area (Å²) < 4.78 is 7.58. The Morgan fingerprint density at radius 1 is 1.03 bits per heavy atom. The molecule has 0 aliphatic rings. The summed E-state index contributed by atoms with van der Waals surface area (Å²) in [6.07, 6.45) is 0. The van der Waals surface area contributed by atoms with Gasteiger partial charge in [0.25, 0.3) is 0 Å². The molecule has 0 unspecified atom stereocenters. The number of nitrogens with two attached hydrogens (primary N) is 2. The summed E-state index contributed by atoms with van der Waals surface area (Å²) in [6.45, 7) is 4.40. The molecule has 6 nitrogen and oxygen atoms in total. The Morgan fingerprint density at radius 2 is 1.81 bits per heavy atom. The van der Waals surface area contributed by atoms with Crippen LogP contribution in [0.25, 0.3) is 32.9 Å². The number of anilines is 1. The first-order valence-electron chi connectivity index (χ1n) is 10.1. The summed E-state index contributed by atoms with van der Waals surface area (Å²) in [5.41, 5.74) is 18.6. The van der Waals surface area contributed by atoms with Gasteiger partial charge in [-0.05, 0) is 55.3 Å². The Hall–Kier alpha value is -4.06. The minimum Gasteiger partial charge on any atom is -0.399 e. The van der Waals surface area contributed by atoms with Crippen molar-refractivity contribution in [2.75, 3.05) is 5.73 Å². The third kappa shape index (κ3) is 3.04. The maximum Gasteiger partial charge on any atom is 0.249 e. The van der Waals surface area contributed by atoms with Gasteiger partial charge in [-0.1, -0.05) is 35.5 Å². The Bertz CT molecular complexity index is 1440. The van der Waals surface area contributed by atoms with E-state index < -0.39 is 5.91 Å². The third-order valence-corrected chi connectivity index (χ3v) is 5.76. The van der Waals surface area contributed by atoms with Crippen molar-refractivity contribution in [2.45, 2.75) is 20.4 Å². The summed E-state index contributed by atoms with van der Waals surface area (Å²) in [4.78, 5) is 12.5. The molecule has 0 bridgehead atoms. The van der Waals surface area contributed by atoms with Crippen molar-refractivity contribution in [1.82, 2.24) is 9.72 Å². The molecule has 0 saturated carbocycles. The molecule has 0 spiro atoms. The van der Waals surface area contributed by atoms with Gasteiger partial charge in [-0.15, -0.1) is 0 Å². The first-order chi connectivity index (χ1) is 14.9. The number of carbonyl (C=O) groups excluding carboxylic acids is 1. The fraction of sp³-hybridized carbons (Fsp3) is 0.120. The van der Waals surface area contributed by atoms with Crippen LogP contribution in [0.4, 0.5) is 5.69 Å². The van der Waals surface area contributed by atoms with Gasteiger partial charge in [0.2, 0.25) is 5.91 Å². The molecule has 2 heterocycles. The van der Waals surface area contributed by atoms with Gasteiger partial charge >= 0.3 is 0 Å². The molecule has 0 atom stereocenters. The van der Waals surface area contributed by atoms with Crippen molar-refractivity contribution >= 4 is 33.4 Å². The van der Waals surface area contributed by atoms with Gasteiger partial charge in [-0.3, -0.25) is 4.79 Å². The summed E-state index contributed by atoms with van der Waals surface area (Å²) in [7, 11) is 0. The van der Waals surface area contributed by atoms with Crippen LogP contribution in [0, 0.1) is 13.8 Å². The lowest BCUT2D eigenvalue weighted by molar-refractivity contribution is 0.100. The molecule has 2 aromatic heterocycles. The second-order valence-corrected chi connectivity index (χ2v) is 7.83. The van der Waals surface area contributed by atoms with Crippen molar-refractivity contribution in [3.8, 4) is 11.1 Å². The van der Waals surface area contributed by atoms with Crippen LogP contribution in [0.1, 0.15) is 27.4 Å². The predicted octanol–water partition coefficient (Wildman–Crippen LogP) is 4.80. The van der Waals surface area contributed by atoms with E-state index in [0.29, 0.717) is 23.6 Å². The van der Waals surface area contributed by atoms with Gasteiger partial charge in [-0.25, -0.2) is 0 Å². The number of aryl methyl sites for hydroxylation is 2. The standard InChI is InChI=1S/C25H22N4O2/c1-14-23(15(2)31-28-14)17-10-20(25(27)30)24-19-12-18(26)8-9-21(19)29(22(24)11-17)13-16-6-4-3-5-7-16/h3-12H,13,26H2,1-2H3,(H2,27,30). The topological polar surface area (TPSA) is 100 Å². The van der Waals surface area contributed by atoms with E-state index in [1.807, 2.05) is 56.3 Å². The molecule has 0 fully saturated rings. The normalized spacial score (nSPS) is 11.4. The molecule has 3 aromatic carbocycles. The van der Waals surface area contributed by atoms with Gasteiger partial charge < -0.3 is 20.6 Å². The molecule has 154 valence electrons. The van der Waals surface area contributed by atoms with Crippen LogP contribution in [0.5, 0.6) is 0 Å². The highest BCUT2D eigenvalue weighted by Crippen LogP contribution is 2.38. The van der Waals surface area contributed by atoms with E-state index in [1.54, 1.807) is 0 Å². The Balaban J connectivity index is 1.90. The van der Waals surface area contributed by atoms with Gasteiger partial charge in [0.15, 0.2) is 0 Å². The molecule has 0 aliphatic heterocycles. The number of nitrogen functional groups attached to an aromatic ring is 1. The second kappa shape index (κ2) is 7.02. The predicted molar refractivity (Wildman–Crippen MR) is 123 cm³/mol. The number of hydrogen-bond acceptors (Lipinski definition) is 4. The van der Waals surface area contributed by atoms with Crippen LogP contribution in [0.3, 0.4) is 0 Å². The third-order valence-electron chi connectivity index (χ3n) is 5.76. The second-order valence-electron chi connectivity index (χ2n) is 7.83. The molecule has 31 heavy (non-hydrogen) atoms. The van der Waals surface area contributed by atoms with Crippen molar-refractivity contribution in [1.29, 1.82) is 0 Å². The van der Waals surface area contributed by atoms with Crippen LogP contribution < -0.4 is 11.5 Å². The molecular formula is C25H22N4O2. The van der Waals surface area contributed by atoms with Crippen molar-refractivity contribution in [3.63, 3.8) is 0 Å². The number of benzene rings is 3. The summed E-state index contributed by atoms with van der Waals surface area (Å²) in [5, 5.41) is 5.79. The van der Waals surface area contributed by atoms with E-state index >= 15 is 0 Å². The Morgan fingerprint density at radius 3 is 2.48 bits per heavy atom. The zero-order valence-corrected chi connectivity index (χ0v) is 17.3. The highest BCUT2D eigenvalue weighted by Gasteiger charge is 2.21. The number of amides is 1. The number of fused-ring (bicyclic) bond motifs is 3. The number of aromatic nitrogens is 2. The first kappa shape index (κ1) is 18.9. The van der Waals surface area contributed by atoms with Gasteiger partial charge in [0, 0.05) is 39.6 Å². The number of nitrogens with zero attached hydrogens (tertiary/aromatic N) is 2. The average molecular weight is 410 g/mol. The van der Waals surface area contributed by atoms with E-state index in [-0.39, 0.29) is 0 Å². The van der Waals surface area contributed by atoms with E-state index in [4.69, 9.17) is 16.0 Å². The minimum atomic E-state index is -0.486. The number of carbonyl (C=O) groups is 1. The fourth-order valence-electron chi connectivity index (χ4n) is 4.41. The highest BCUT2D eigenvalue weighted by molar-refractivity contribution is 6.19. The number of hydrogen-bond donors (Lipinski definition) is 2. The SMILES string of the molecule is Cc1noc(C)c1-c1cc(C(N)=O)c2c3cc(N)ccc3n(Cc3ccccc3)c2c1. The van der Waals surface area contributed by atoms with Crippen molar-refractivity contribution in [3.05, 3.63) is 83.2 Å². The lowest BCUT2D eigenvalue weighted by atomic mass is 9.97. The van der Waals surface area contributed by atoms with Crippen LogP contribution >= 0.6 is 0 Å². The van der Waals surface area contributed by atoms with Crippen LogP contribution in [-0.4, -0.2) is 15.6 Å². The van der Waals surface area contributed by atoms with E-state index in [0.717, 1.165) is 44.2 Å². The number of primary amides is 1. The highest BCUT2D eigenvalue weighted by atomic mass is 16.5. The maximum absolute atomic E-state index is 12.5. The lowest BCUT2D eigenvalue weighted by Gasteiger charge is -2.10.